The van der Waals surface area contributed by atoms with Crippen LogP contribution in [0, 0.1) is 5.92 Å². The molecule has 25 heavy (non-hydrogen) atoms. The summed E-state index contributed by atoms with van der Waals surface area (Å²) in [5, 5.41) is 1.32. The molecule has 0 N–H and O–H groups in total. The highest BCUT2D eigenvalue weighted by Gasteiger charge is 2.37. The molecule has 0 aliphatic carbocycles. The number of fused-ring (bicyclic) bond motifs is 5. The zero-order chi connectivity index (χ0) is 17.6. The Labute approximate surface area is 150 Å². The van der Waals surface area contributed by atoms with Gasteiger partial charge in [0.1, 0.15) is 0 Å². The van der Waals surface area contributed by atoms with E-state index in [1.54, 1.807) is 4.31 Å². The van der Waals surface area contributed by atoms with Gasteiger partial charge in [-0.05, 0) is 43.4 Å². The van der Waals surface area contributed by atoms with Gasteiger partial charge >= 0.3 is 0 Å². The van der Waals surface area contributed by atoms with Crippen molar-refractivity contribution < 1.29 is 8.42 Å². The minimum atomic E-state index is -3.10. The summed E-state index contributed by atoms with van der Waals surface area (Å²) in [6.07, 6.45) is 5.75. The molecule has 5 nitrogen and oxygen atoms in total. The van der Waals surface area contributed by atoms with E-state index >= 15 is 0 Å². The van der Waals surface area contributed by atoms with Gasteiger partial charge in [0, 0.05) is 55.9 Å². The Morgan fingerprint density at radius 2 is 1.96 bits per heavy atom. The van der Waals surface area contributed by atoms with Crippen LogP contribution in [0.4, 0.5) is 0 Å². The summed E-state index contributed by atoms with van der Waals surface area (Å²) in [5.41, 5.74) is 2.64. The van der Waals surface area contributed by atoms with E-state index in [0.29, 0.717) is 25.0 Å². The Balaban J connectivity index is 1.61. The summed E-state index contributed by atoms with van der Waals surface area (Å²) in [5.74, 6) is 0.452. The lowest BCUT2D eigenvalue weighted by Gasteiger charge is -2.36. The Morgan fingerprint density at radius 3 is 2.72 bits per heavy atom. The van der Waals surface area contributed by atoms with E-state index in [4.69, 9.17) is 0 Å². The van der Waals surface area contributed by atoms with Gasteiger partial charge in [0.25, 0.3) is 0 Å². The first kappa shape index (κ1) is 17.1. The molecule has 5 rings (SSSR count). The summed E-state index contributed by atoms with van der Waals surface area (Å²) >= 11 is 0. The molecule has 3 fully saturated rings. The Hall–Kier alpha value is -1.37. The van der Waals surface area contributed by atoms with Crippen molar-refractivity contribution in [2.24, 2.45) is 5.92 Å². The topological polar surface area (TPSA) is 45.5 Å². The van der Waals surface area contributed by atoms with Crippen LogP contribution in [0.2, 0.25) is 0 Å². The molecule has 2 atom stereocenters. The molecular weight excluding hydrogens is 334 g/mol. The minimum Gasteiger partial charge on any atom is -0.348 e. The van der Waals surface area contributed by atoms with E-state index in [2.05, 4.69) is 46.9 Å². The van der Waals surface area contributed by atoms with Crippen molar-refractivity contribution >= 4 is 20.9 Å². The molecule has 0 amide bonds. The van der Waals surface area contributed by atoms with E-state index in [-0.39, 0.29) is 0 Å². The first-order valence-electron chi connectivity index (χ1n) is 9.21. The summed E-state index contributed by atoms with van der Waals surface area (Å²) in [7, 11) is -3.10. The SMILES string of the molecule is CCn1ccc2c(CN3C[C@H]4CC[C@@H]3CN(S(C)(=O)=O)C4)cccc21. The third-order valence-corrected chi connectivity index (χ3v) is 7.12. The molecular formula is C19H27N3O2S. The molecule has 4 heterocycles. The second kappa shape index (κ2) is 6.41. The Morgan fingerprint density at radius 1 is 1.12 bits per heavy atom. The van der Waals surface area contributed by atoms with Crippen molar-refractivity contribution in [2.45, 2.75) is 38.9 Å². The van der Waals surface area contributed by atoms with Crippen molar-refractivity contribution in [3.05, 3.63) is 36.0 Å². The zero-order valence-electron chi connectivity index (χ0n) is 15.1. The number of aromatic nitrogens is 1. The monoisotopic (exact) mass is 361 g/mol. The highest BCUT2D eigenvalue weighted by molar-refractivity contribution is 7.88. The number of rotatable bonds is 4. The molecule has 0 unspecified atom stereocenters. The molecule has 0 spiro atoms. The predicted octanol–water partition coefficient (Wildman–Crippen LogP) is 2.52. The van der Waals surface area contributed by atoms with Crippen molar-refractivity contribution in [1.82, 2.24) is 13.8 Å². The number of hydrogen-bond acceptors (Lipinski definition) is 3. The molecule has 0 saturated carbocycles. The number of piperidine rings is 1. The fraction of sp³-hybridized carbons (Fsp3) is 0.579. The molecule has 3 aliphatic rings. The van der Waals surface area contributed by atoms with Gasteiger partial charge < -0.3 is 4.57 Å². The van der Waals surface area contributed by atoms with Gasteiger partial charge in [0.15, 0.2) is 0 Å². The van der Waals surface area contributed by atoms with Crippen LogP contribution in [0.5, 0.6) is 0 Å². The third kappa shape index (κ3) is 3.23. The molecule has 1 aromatic heterocycles. The smallest absolute Gasteiger partial charge is 0.211 e. The second-order valence-electron chi connectivity index (χ2n) is 7.56. The number of aryl methyl sites for hydroxylation is 1. The van der Waals surface area contributed by atoms with Crippen LogP contribution in [0.1, 0.15) is 25.3 Å². The van der Waals surface area contributed by atoms with Crippen LogP contribution < -0.4 is 0 Å². The molecule has 2 aromatic rings. The lowest BCUT2D eigenvalue weighted by molar-refractivity contribution is 0.126. The summed E-state index contributed by atoms with van der Waals surface area (Å²) in [6, 6.07) is 9.09. The average Bonchev–Trinajstić information content (AvgIpc) is 2.76. The molecule has 0 radical (unpaired) electrons. The summed E-state index contributed by atoms with van der Waals surface area (Å²) in [4.78, 5) is 2.51. The van der Waals surface area contributed by atoms with Crippen LogP contribution in [0.25, 0.3) is 10.9 Å². The zero-order valence-corrected chi connectivity index (χ0v) is 15.9. The maximum atomic E-state index is 12.0. The fourth-order valence-corrected chi connectivity index (χ4v) is 5.44. The third-order valence-electron chi connectivity index (χ3n) is 5.88. The number of benzene rings is 1. The lowest BCUT2D eigenvalue weighted by Crippen LogP contribution is -2.43. The van der Waals surface area contributed by atoms with Gasteiger partial charge in [-0.1, -0.05) is 12.1 Å². The molecule has 3 saturated heterocycles. The van der Waals surface area contributed by atoms with Gasteiger partial charge in [0.05, 0.1) is 6.26 Å². The molecule has 6 heteroatoms. The number of hydrogen-bond donors (Lipinski definition) is 0. The second-order valence-corrected chi connectivity index (χ2v) is 9.54. The Kier molecular flexibility index (Phi) is 4.38. The van der Waals surface area contributed by atoms with Crippen LogP contribution in [-0.4, -0.2) is 54.1 Å². The number of sulfonamides is 1. The summed E-state index contributed by atoms with van der Waals surface area (Å²) in [6.45, 7) is 6.37. The van der Waals surface area contributed by atoms with Crippen LogP contribution >= 0.6 is 0 Å². The fourth-order valence-electron chi connectivity index (χ4n) is 4.52. The van der Waals surface area contributed by atoms with Crippen molar-refractivity contribution in [3.63, 3.8) is 0 Å². The van der Waals surface area contributed by atoms with E-state index < -0.39 is 10.0 Å². The maximum Gasteiger partial charge on any atom is 0.211 e. The van der Waals surface area contributed by atoms with Crippen molar-refractivity contribution in [1.29, 1.82) is 0 Å². The van der Waals surface area contributed by atoms with Gasteiger partial charge in [-0.2, -0.15) is 0 Å². The van der Waals surface area contributed by atoms with E-state index in [1.807, 2.05) is 0 Å². The van der Waals surface area contributed by atoms with Gasteiger partial charge in [-0.25, -0.2) is 12.7 Å². The Bertz CT molecular complexity index is 874. The van der Waals surface area contributed by atoms with Gasteiger partial charge in [-0.15, -0.1) is 0 Å². The maximum absolute atomic E-state index is 12.0. The quantitative estimate of drug-likeness (QED) is 0.841. The molecule has 136 valence electrons. The average molecular weight is 362 g/mol. The highest BCUT2D eigenvalue weighted by atomic mass is 32.2. The predicted molar refractivity (Wildman–Crippen MR) is 101 cm³/mol. The van der Waals surface area contributed by atoms with E-state index in [9.17, 15) is 8.42 Å². The first-order chi connectivity index (χ1) is 12.0. The first-order valence-corrected chi connectivity index (χ1v) is 11.1. The largest absolute Gasteiger partial charge is 0.348 e. The van der Waals surface area contributed by atoms with Gasteiger partial charge in [-0.3, -0.25) is 4.90 Å². The lowest BCUT2D eigenvalue weighted by atomic mass is 9.94. The van der Waals surface area contributed by atoms with Crippen molar-refractivity contribution in [3.8, 4) is 0 Å². The number of nitrogens with zero attached hydrogens (tertiary/aromatic N) is 3. The van der Waals surface area contributed by atoms with Crippen LogP contribution in [-0.2, 0) is 23.1 Å². The van der Waals surface area contributed by atoms with E-state index in [1.165, 1.54) is 22.7 Å². The summed E-state index contributed by atoms with van der Waals surface area (Å²) < 4.78 is 28.1. The highest BCUT2D eigenvalue weighted by Crippen LogP contribution is 2.31. The van der Waals surface area contributed by atoms with Gasteiger partial charge in [0.2, 0.25) is 10.0 Å². The normalized spacial score (nSPS) is 25.5. The van der Waals surface area contributed by atoms with E-state index in [0.717, 1.165) is 32.5 Å². The molecule has 3 aliphatic heterocycles. The molecule has 2 bridgehead atoms. The minimum absolute atomic E-state index is 0.331. The van der Waals surface area contributed by atoms with Crippen molar-refractivity contribution in [2.75, 3.05) is 25.9 Å². The van der Waals surface area contributed by atoms with Crippen LogP contribution in [0.3, 0.4) is 0 Å². The standard InChI is InChI=1S/C19H27N3O2S/c1-3-20-10-9-18-16(5-4-6-19(18)20)13-21-11-15-7-8-17(21)14-22(12-15)25(2,23)24/h4-6,9-10,15,17H,3,7-8,11-14H2,1-2H3/t15-,17-/m1/s1. The van der Waals surface area contributed by atoms with Crippen LogP contribution in [0.15, 0.2) is 30.5 Å². The molecule has 1 aromatic carbocycles.